The molecule has 4 nitrogen and oxygen atoms in total. The van der Waals surface area contributed by atoms with Crippen LogP contribution in [0.4, 0.5) is 0 Å². The lowest BCUT2D eigenvalue weighted by atomic mass is 9.91. The van der Waals surface area contributed by atoms with Gasteiger partial charge in [-0.1, -0.05) is 30.3 Å². The number of rotatable bonds is 3. The Balaban J connectivity index is 1.46. The van der Waals surface area contributed by atoms with E-state index in [1.165, 1.54) is 5.56 Å². The van der Waals surface area contributed by atoms with Crippen molar-refractivity contribution in [2.24, 2.45) is 0 Å². The van der Waals surface area contributed by atoms with Crippen molar-refractivity contribution in [3.63, 3.8) is 0 Å². The lowest BCUT2D eigenvalue weighted by Crippen LogP contribution is -2.72. The number of aliphatic hydroxyl groups is 1. The molecule has 1 saturated heterocycles. The van der Waals surface area contributed by atoms with Gasteiger partial charge >= 0.3 is 6.08 Å². The van der Waals surface area contributed by atoms with E-state index in [1.54, 1.807) is 0 Å². The monoisotopic (exact) mass is 261 g/mol. The highest BCUT2D eigenvalue weighted by molar-refractivity contribution is 5.59. The molecule has 2 aliphatic rings. The van der Waals surface area contributed by atoms with Crippen molar-refractivity contribution < 1.29 is 14.8 Å². The van der Waals surface area contributed by atoms with Gasteiger partial charge in [0, 0.05) is 32.5 Å². The summed E-state index contributed by atoms with van der Waals surface area (Å²) in [5, 5.41) is 9.33. The highest BCUT2D eigenvalue weighted by atomic mass is 16.6. The number of nitrogens with one attached hydrogen (secondary N) is 1. The summed E-state index contributed by atoms with van der Waals surface area (Å²) in [5.41, 5.74) is 1.24. The zero-order chi connectivity index (χ0) is 13.1. The molecule has 0 bridgehead atoms. The van der Waals surface area contributed by atoms with Crippen LogP contribution in [0.5, 0.6) is 0 Å². The van der Waals surface area contributed by atoms with Crippen LogP contribution in [0, 0.1) is 0 Å². The van der Waals surface area contributed by atoms with Crippen LogP contribution in [0.1, 0.15) is 18.4 Å². The van der Waals surface area contributed by atoms with Crippen LogP contribution in [-0.2, 0) is 11.2 Å². The van der Waals surface area contributed by atoms with Crippen molar-refractivity contribution >= 4 is 6.08 Å². The predicted octanol–water partition coefficient (Wildman–Crippen LogP) is 0.0885. The van der Waals surface area contributed by atoms with E-state index < -0.39 is 0 Å². The van der Waals surface area contributed by atoms with Crippen molar-refractivity contribution in [1.29, 1.82) is 0 Å². The van der Waals surface area contributed by atoms with Crippen LogP contribution in [0.25, 0.3) is 0 Å². The third kappa shape index (κ3) is 2.89. The maximum absolute atomic E-state index is 9.33. The van der Waals surface area contributed by atoms with Crippen molar-refractivity contribution in [3.05, 3.63) is 35.9 Å². The molecular formula is C15H21N2O2+. The molecule has 0 aromatic heterocycles. The molecule has 1 fully saturated rings. The van der Waals surface area contributed by atoms with Crippen LogP contribution in [0.15, 0.2) is 30.3 Å². The molecule has 0 aliphatic carbocycles. The summed E-state index contributed by atoms with van der Waals surface area (Å²) in [6.45, 7) is 3.93. The number of likely N-dealkylation sites (tertiary alicyclic amines) is 1. The number of nitrogens with zero attached hydrogens (tertiary/aromatic N) is 1. The first-order chi connectivity index (χ1) is 9.26. The summed E-state index contributed by atoms with van der Waals surface area (Å²) in [5.74, 6) is 0. The smallest absolute Gasteiger partial charge is 0.430 e. The highest BCUT2D eigenvalue weighted by Crippen LogP contribution is 2.26. The summed E-state index contributed by atoms with van der Waals surface area (Å²) in [6.07, 6.45) is 3.07. The maximum atomic E-state index is 9.33. The van der Waals surface area contributed by atoms with Crippen LogP contribution in [0.3, 0.4) is 0 Å². The van der Waals surface area contributed by atoms with E-state index in [0.717, 1.165) is 45.4 Å². The van der Waals surface area contributed by atoms with Gasteiger partial charge in [-0.2, -0.15) is 4.99 Å². The number of aliphatic hydroxyl groups excluding tert-OH is 1. The topological polar surface area (TPSA) is 46.7 Å². The van der Waals surface area contributed by atoms with E-state index in [1.807, 2.05) is 0 Å². The molecular weight excluding hydrogens is 240 g/mol. The number of hydrogen-bond acceptors (Lipinski definition) is 2. The Morgan fingerprint density at radius 3 is 2.58 bits per heavy atom. The minimum absolute atomic E-state index is 0.00210. The van der Waals surface area contributed by atoms with Crippen LogP contribution >= 0.6 is 0 Å². The molecule has 2 aliphatic heterocycles. The maximum Gasteiger partial charge on any atom is 0.545 e. The van der Waals surface area contributed by atoms with Gasteiger partial charge in [-0.05, 0) is 12.0 Å². The second-order valence-electron chi connectivity index (χ2n) is 5.52. The van der Waals surface area contributed by atoms with Gasteiger partial charge < -0.3 is 14.7 Å². The van der Waals surface area contributed by atoms with Gasteiger partial charge in [0.1, 0.15) is 0 Å². The molecule has 0 saturated carbocycles. The summed E-state index contributed by atoms with van der Waals surface area (Å²) in [7, 11) is 0. The molecule has 4 heteroatoms. The minimum atomic E-state index is -0.159. The Bertz CT molecular complexity index is 450. The molecule has 3 rings (SSSR count). The first kappa shape index (κ1) is 12.5. The fraction of sp³-hybridized carbons (Fsp3) is 0.533. The molecule has 0 atom stereocenters. The summed E-state index contributed by atoms with van der Waals surface area (Å²) in [4.78, 5) is 5.37. The van der Waals surface area contributed by atoms with Gasteiger partial charge in [0.2, 0.25) is 0 Å². The van der Waals surface area contributed by atoms with E-state index >= 15 is 0 Å². The van der Waals surface area contributed by atoms with Crippen LogP contribution < -0.4 is 4.99 Å². The van der Waals surface area contributed by atoms with Gasteiger partial charge in [0.05, 0.1) is 0 Å². The predicted molar refractivity (Wildman–Crippen MR) is 73.1 cm³/mol. The number of hydrogen-bond donors (Lipinski definition) is 2. The molecule has 1 spiro atoms. The van der Waals surface area contributed by atoms with E-state index in [4.69, 9.17) is 4.74 Å². The largest absolute Gasteiger partial charge is 0.545 e. The highest BCUT2D eigenvalue weighted by Gasteiger charge is 2.45. The zero-order valence-electron chi connectivity index (χ0n) is 11.1. The Morgan fingerprint density at radius 2 is 1.95 bits per heavy atom. The van der Waals surface area contributed by atoms with Crippen molar-refractivity contribution in [2.75, 3.05) is 26.2 Å². The third-order valence-corrected chi connectivity index (χ3v) is 4.20. The van der Waals surface area contributed by atoms with Crippen molar-refractivity contribution in [3.8, 4) is 0 Å². The van der Waals surface area contributed by atoms with Gasteiger partial charge in [-0.3, -0.25) is 0 Å². The first-order valence-electron chi connectivity index (χ1n) is 7.01. The Kier molecular flexibility index (Phi) is 3.42. The van der Waals surface area contributed by atoms with Gasteiger partial charge in [-0.25, -0.2) is 0 Å². The van der Waals surface area contributed by atoms with E-state index in [-0.39, 0.29) is 11.7 Å². The summed E-state index contributed by atoms with van der Waals surface area (Å²) >= 11 is 0. The molecule has 1 aromatic carbocycles. The second kappa shape index (κ2) is 5.21. The fourth-order valence-corrected chi connectivity index (χ4v) is 2.91. The molecule has 1 aromatic rings. The second-order valence-corrected chi connectivity index (χ2v) is 5.52. The third-order valence-electron chi connectivity index (χ3n) is 4.20. The van der Waals surface area contributed by atoms with E-state index in [0.29, 0.717) is 0 Å². The van der Waals surface area contributed by atoms with Crippen molar-refractivity contribution in [1.82, 2.24) is 4.90 Å². The average Bonchev–Trinajstić information content (AvgIpc) is 2.81. The molecule has 0 radical (unpaired) electrons. The van der Waals surface area contributed by atoms with Gasteiger partial charge in [0.15, 0.2) is 12.1 Å². The van der Waals surface area contributed by atoms with Crippen LogP contribution in [-0.4, -0.2) is 47.9 Å². The quantitative estimate of drug-likeness (QED) is 0.810. The standard InChI is InChI=1S/C15H20N2O2/c18-14-16-12-15(19-14)7-10-17(11-8-15)9-6-13-4-2-1-3-5-13/h1-5H,6-12H2,(H,16,18)/p+1. The minimum Gasteiger partial charge on any atom is -0.430 e. The Labute approximate surface area is 113 Å². The Morgan fingerprint density at radius 1 is 1.21 bits per heavy atom. The van der Waals surface area contributed by atoms with Gasteiger partial charge in [0.25, 0.3) is 0 Å². The summed E-state index contributed by atoms with van der Waals surface area (Å²) in [6, 6.07) is 10.6. The van der Waals surface area contributed by atoms with Crippen LogP contribution in [0.2, 0.25) is 0 Å². The molecule has 0 unspecified atom stereocenters. The molecule has 19 heavy (non-hydrogen) atoms. The Hall–Kier alpha value is -1.55. The first-order valence-corrected chi connectivity index (χ1v) is 7.01. The normalized spacial score (nSPS) is 22.2. The lowest BCUT2D eigenvalue weighted by Gasteiger charge is -2.35. The average molecular weight is 261 g/mol. The summed E-state index contributed by atoms with van der Waals surface area (Å²) < 4.78 is 5.54. The number of piperidine rings is 1. The van der Waals surface area contributed by atoms with Crippen molar-refractivity contribution in [2.45, 2.75) is 24.9 Å². The fourth-order valence-electron chi connectivity index (χ4n) is 2.91. The zero-order valence-corrected chi connectivity index (χ0v) is 11.1. The van der Waals surface area contributed by atoms with Gasteiger partial charge in [-0.15, -0.1) is 0 Å². The van der Waals surface area contributed by atoms with E-state index in [9.17, 15) is 5.11 Å². The molecule has 2 N–H and O–H groups in total. The number of benzene rings is 1. The SMILES string of the molecule is OC1=[NH+]CC2(CCN(CCc3ccccc3)CC2)O1. The lowest BCUT2D eigenvalue weighted by molar-refractivity contribution is -0.463. The molecule has 0 amide bonds. The molecule has 102 valence electrons. The number of ether oxygens (including phenoxy) is 1. The van der Waals surface area contributed by atoms with E-state index in [2.05, 4.69) is 40.2 Å². The molecule has 2 heterocycles.